The molecule has 4 rings (SSSR count). The fraction of sp³-hybridized carbons (Fsp3) is 0.0909. The van der Waals surface area contributed by atoms with Gasteiger partial charge in [0.1, 0.15) is 11.3 Å². The summed E-state index contributed by atoms with van der Waals surface area (Å²) in [5, 5.41) is 5.84. The lowest BCUT2D eigenvalue weighted by Crippen LogP contribution is -2.34. The average Bonchev–Trinajstić information content (AvgIpc) is 3.17. The zero-order chi connectivity index (χ0) is 22.0. The summed E-state index contributed by atoms with van der Waals surface area (Å²) < 4.78 is 11.9. The molecule has 7 nitrogen and oxygen atoms in total. The lowest BCUT2D eigenvalue weighted by atomic mass is 10.1. The van der Waals surface area contributed by atoms with Crippen molar-refractivity contribution in [2.24, 2.45) is 0 Å². The van der Waals surface area contributed by atoms with Crippen molar-refractivity contribution in [1.29, 1.82) is 0 Å². The minimum Gasteiger partial charge on any atom is -0.496 e. The van der Waals surface area contributed by atoms with Crippen LogP contribution in [0.5, 0.6) is 5.75 Å². The van der Waals surface area contributed by atoms with Gasteiger partial charge in [0.2, 0.25) is 5.89 Å². The molecule has 156 valence electrons. The summed E-state index contributed by atoms with van der Waals surface area (Å²) in [5.74, 6) is 0.601. The molecule has 0 aliphatic carbocycles. The van der Waals surface area contributed by atoms with Crippen LogP contribution in [-0.2, 0) is 0 Å². The summed E-state index contributed by atoms with van der Waals surface area (Å²) in [5.41, 5.74) is 3.96. The van der Waals surface area contributed by atoms with Gasteiger partial charge in [-0.25, -0.2) is 4.98 Å². The average molecular weight is 497 g/mol. The first-order valence-corrected chi connectivity index (χ1v) is 10.4. The molecule has 31 heavy (non-hydrogen) atoms. The minimum atomic E-state index is -0.375. The second-order valence-corrected chi connectivity index (χ2v) is 7.98. The number of halogens is 1. The van der Waals surface area contributed by atoms with E-state index >= 15 is 0 Å². The molecule has 0 bridgehead atoms. The topological polar surface area (TPSA) is 89.3 Å². The number of aromatic nitrogens is 2. The Bertz CT molecular complexity index is 1290. The van der Waals surface area contributed by atoms with E-state index in [-0.39, 0.29) is 11.0 Å². The van der Waals surface area contributed by atoms with E-state index in [2.05, 4.69) is 36.5 Å². The van der Waals surface area contributed by atoms with Gasteiger partial charge in [-0.2, -0.15) is 0 Å². The number of nitrogens with one attached hydrogen (secondary N) is 2. The first-order chi connectivity index (χ1) is 14.9. The molecule has 1 amide bonds. The number of amides is 1. The van der Waals surface area contributed by atoms with Gasteiger partial charge in [0.15, 0.2) is 10.7 Å². The zero-order valence-corrected chi connectivity index (χ0v) is 19.0. The fourth-order valence-corrected chi connectivity index (χ4v) is 3.90. The predicted octanol–water partition coefficient (Wildman–Crippen LogP) is 5.10. The van der Waals surface area contributed by atoms with Gasteiger partial charge in [-0.15, -0.1) is 0 Å². The second kappa shape index (κ2) is 8.83. The Morgan fingerprint density at radius 3 is 2.81 bits per heavy atom. The van der Waals surface area contributed by atoms with Gasteiger partial charge in [-0.1, -0.05) is 15.9 Å². The molecule has 2 N–H and O–H groups in total. The number of aryl methyl sites for hydroxylation is 1. The van der Waals surface area contributed by atoms with Crippen molar-refractivity contribution in [2.75, 3.05) is 12.4 Å². The van der Waals surface area contributed by atoms with Crippen LogP contribution in [0.15, 0.2) is 63.7 Å². The van der Waals surface area contributed by atoms with Crippen molar-refractivity contribution < 1.29 is 13.9 Å². The van der Waals surface area contributed by atoms with E-state index in [4.69, 9.17) is 21.4 Å². The van der Waals surface area contributed by atoms with Crippen molar-refractivity contribution in [1.82, 2.24) is 15.3 Å². The first kappa shape index (κ1) is 21.0. The van der Waals surface area contributed by atoms with Crippen molar-refractivity contribution >= 4 is 56.0 Å². The van der Waals surface area contributed by atoms with Crippen molar-refractivity contribution in [3.05, 3.63) is 70.5 Å². The number of thiocarbonyl (C=S) groups is 1. The van der Waals surface area contributed by atoms with Gasteiger partial charge in [-0.05, 0) is 67.2 Å². The molecule has 0 aliphatic heterocycles. The SMILES string of the molecule is COc1c(C)cc(Br)cc1C(=O)NC(=S)Nc1ccc2oc(-c3cccnc3)nc2c1. The zero-order valence-electron chi connectivity index (χ0n) is 16.6. The number of rotatable bonds is 4. The number of pyridine rings is 1. The molecular formula is C22H17BrN4O3S. The van der Waals surface area contributed by atoms with Crippen LogP contribution in [0.3, 0.4) is 0 Å². The number of hydrogen-bond donors (Lipinski definition) is 2. The maximum Gasteiger partial charge on any atom is 0.261 e. The normalized spacial score (nSPS) is 10.7. The standard InChI is InChI=1S/C22H17BrN4O3S/c1-12-8-14(23)9-16(19(12)29-2)20(28)27-22(31)25-15-5-6-18-17(10-15)26-21(30-18)13-4-3-7-24-11-13/h3-11H,1-2H3,(H2,25,27,28,31). The van der Waals surface area contributed by atoms with Crippen LogP contribution < -0.4 is 15.4 Å². The minimum absolute atomic E-state index is 0.153. The summed E-state index contributed by atoms with van der Waals surface area (Å²) in [6.45, 7) is 1.86. The Morgan fingerprint density at radius 2 is 2.06 bits per heavy atom. The van der Waals surface area contributed by atoms with Gasteiger partial charge in [0.25, 0.3) is 5.91 Å². The molecule has 0 fully saturated rings. The van der Waals surface area contributed by atoms with Gasteiger partial charge < -0.3 is 14.5 Å². The van der Waals surface area contributed by atoms with E-state index in [1.807, 2.05) is 25.1 Å². The Balaban J connectivity index is 1.50. The maximum atomic E-state index is 12.7. The number of fused-ring (bicyclic) bond motifs is 1. The number of carbonyl (C=O) groups excluding carboxylic acids is 1. The van der Waals surface area contributed by atoms with E-state index < -0.39 is 0 Å². The molecule has 0 atom stereocenters. The summed E-state index contributed by atoms with van der Waals surface area (Å²) >= 11 is 8.72. The van der Waals surface area contributed by atoms with Gasteiger partial charge in [-0.3, -0.25) is 15.1 Å². The van der Waals surface area contributed by atoms with Crippen molar-refractivity contribution in [3.8, 4) is 17.2 Å². The third-order valence-electron chi connectivity index (χ3n) is 4.47. The quantitative estimate of drug-likeness (QED) is 0.380. The van der Waals surface area contributed by atoms with E-state index in [0.717, 1.165) is 15.6 Å². The Kier molecular flexibility index (Phi) is 5.97. The molecule has 2 aromatic carbocycles. The highest BCUT2D eigenvalue weighted by atomic mass is 79.9. The summed E-state index contributed by atoms with van der Waals surface area (Å²) in [6.07, 6.45) is 3.38. The Morgan fingerprint density at radius 1 is 1.23 bits per heavy atom. The van der Waals surface area contributed by atoms with Gasteiger partial charge >= 0.3 is 0 Å². The predicted molar refractivity (Wildman–Crippen MR) is 126 cm³/mol. The molecule has 0 saturated carbocycles. The highest BCUT2D eigenvalue weighted by Crippen LogP contribution is 2.28. The highest BCUT2D eigenvalue weighted by molar-refractivity contribution is 9.10. The number of nitrogens with zero attached hydrogens (tertiary/aromatic N) is 2. The lowest BCUT2D eigenvalue weighted by molar-refractivity contribution is 0.0974. The van der Waals surface area contributed by atoms with Crippen LogP contribution in [0.4, 0.5) is 5.69 Å². The van der Waals surface area contributed by atoms with Crippen molar-refractivity contribution in [3.63, 3.8) is 0 Å². The second-order valence-electron chi connectivity index (χ2n) is 6.65. The number of methoxy groups -OCH3 is 1. The number of anilines is 1. The van der Waals surface area contributed by atoms with E-state index in [1.54, 1.807) is 36.7 Å². The molecule has 0 saturated heterocycles. The van der Waals surface area contributed by atoms with E-state index in [9.17, 15) is 4.79 Å². The number of benzene rings is 2. The molecule has 0 spiro atoms. The van der Waals surface area contributed by atoms with Gasteiger partial charge in [0, 0.05) is 22.6 Å². The first-order valence-electron chi connectivity index (χ1n) is 9.22. The fourth-order valence-electron chi connectivity index (χ4n) is 3.12. The van der Waals surface area contributed by atoms with Crippen molar-refractivity contribution in [2.45, 2.75) is 6.92 Å². The Labute approximate surface area is 192 Å². The molecule has 0 aliphatic rings. The lowest BCUT2D eigenvalue weighted by Gasteiger charge is -2.13. The molecule has 0 unspecified atom stereocenters. The summed E-state index contributed by atoms with van der Waals surface area (Å²) in [6, 6.07) is 12.6. The maximum absolute atomic E-state index is 12.7. The molecule has 2 aromatic heterocycles. The third-order valence-corrected chi connectivity index (χ3v) is 5.13. The number of oxazole rings is 1. The van der Waals surface area contributed by atoms with E-state index in [0.29, 0.717) is 34.0 Å². The molecule has 2 heterocycles. The highest BCUT2D eigenvalue weighted by Gasteiger charge is 2.17. The van der Waals surface area contributed by atoms with E-state index in [1.165, 1.54) is 7.11 Å². The van der Waals surface area contributed by atoms with Crippen LogP contribution in [0.1, 0.15) is 15.9 Å². The third kappa shape index (κ3) is 4.57. The van der Waals surface area contributed by atoms with Crippen LogP contribution in [0.2, 0.25) is 0 Å². The van der Waals surface area contributed by atoms with Gasteiger partial charge in [0.05, 0.1) is 18.2 Å². The van der Waals surface area contributed by atoms with Crippen LogP contribution in [0.25, 0.3) is 22.6 Å². The molecular weight excluding hydrogens is 480 g/mol. The molecule has 9 heteroatoms. The largest absolute Gasteiger partial charge is 0.496 e. The smallest absolute Gasteiger partial charge is 0.261 e. The monoisotopic (exact) mass is 496 g/mol. The Hall–Kier alpha value is -3.30. The van der Waals surface area contributed by atoms with Crippen LogP contribution in [-0.4, -0.2) is 28.1 Å². The number of carbonyl (C=O) groups is 1. The summed E-state index contributed by atoms with van der Waals surface area (Å²) in [7, 11) is 1.52. The molecule has 0 radical (unpaired) electrons. The summed E-state index contributed by atoms with van der Waals surface area (Å²) in [4.78, 5) is 21.3. The van der Waals surface area contributed by atoms with Crippen LogP contribution in [0, 0.1) is 6.92 Å². The number of ether oxygens (including phenoxy) is 1. The van der Waals surface area contributed by atoms with Crippen LogP contribution >= 0.6 is 28.1 Å². The number of hydrogen-bond acceptors (Lipinski definition) is 6. The molecule has 4 aromatic rings.